The number of carbonyl (C=O) groups is 4. The molecule has 0 bridgehead atoms. The van der Waals surface area contributed by atoms with Crippen LogP contribution in [0.25, 0.3) is 0 Å². The minimum absolute atomic E-state index is 0.0586. The average Bonchev–Trinajstić information content (AvgIpc) is 2.63. The molecule has 1 aliphatic heterocycles. The summed E-state index contributed by atoms with van der Waals surface area (Å²) in [6.45, 7) is 5.52. The molecule has 0 atom stereocenters. The van der Waals surface area contributed by atoms with Gasteiger partial charge in [0, 0.05) is 36.3 Å². The first-order valence-electron chi connectivity index (χ1n) is 9.78. The van der Waals surface area contributed by atoms with Gasteiger partial charge in [-0.15, -0.1) is 0 Å². The van der Waals surface area contributed by atoms with Crippen molar-refractivity contribution < 1.29 is 19.2 Å². The maximum absolute atomic E-state index is 12.9. The number of piperidine rings is 1. The van der Waals surface area contributed by atoms with Crippen LogP contribution in [0.15, 0.2) is 34.9 Å². The molecule has 0 aromatic heterocycles. The fourth-order valence-electron chi connectivity index (χ4n) is 4.01. The Balaban J connectivity index is 1.87. The largest absolute Gasteiger partial charge is 0.294 e. The molecule has 0 radical (unpaired) electrons. The van der Waals surface area contributed by atoms with Crippen LogP contribution in [0.4, 0.5) is 5.69 Å². The predicted octanol–water partition coefficient (Wildman–Crippen LogP) is 4.89. The molecule has 0 spiro atoms. The van der Waals surface area contributed by atoms with Gasteiger partial charge in [-0.3, -0.25) is 24.1 Å². The second-order valence-corrected chi connectivity index (χ2v) is 8.19. The van der Waals surface area contributed by atoms with Crippen molar-refractivity contribution in [1.29, 1.82) is 0 Å². The van der Waals surface area contributed by atoms with E-state index in [1.165, 1.54) is 0 Å². The zero-order chi connectivity index (χ0) is 21.3. The van der Waals surface area contributed by atoms with E-state index >= 15 is 0 Å². The fraction of sp³-hybridized carbons (Fsp3) is 0.391. The van der Waals surface area contributed by atoms with Crippen LogP contribution in [0.1, 0.15) is 68.3 Å². The van der Waals surface area contributed by atoms with Gasteiger partial charge in [0.1, 0.15) is 0 Å². The van der Waals surface area contributed by atoms with Crippen molar-refractivity contribution in [2.75, 3.05) is 4.90 Å². The molecule has 2 amide bonds. The number of Topliss-reactive ketones (excluding diaryl/α,β-unsaturated/α-hetero) is 2. The lowest BCUT2D eigenvalue weighted by Gasteiger charge is -2.27. The zero-order valence-electron chi connectivity index (χ0n) is 16.9. The van der Waals surface area contributed by atoms with E-state index in [1.54, 1.807) is 19.1 Å². The number of carbonyl (C=O) groups excluding carboxylic acids is 4. The minimum Gasteiger partial charge on any atom is -0.294 e. The molecule has 1 aromatic carbocycles. The lowest BCUT2D eigenvalue weighted by atomic mass is 9.88. The molecule has 2 aliphatic rings. The van der Waals surface area contributed by atoms with E-state index in [9.17, 15) is 19.2 Å². The van der Waals surface area contributed by atoms with E-state index in [-0.39, 0.29) is 29.8 Å². The molecule has 6 heteroatoms. The Hall–Kier alpha value is -2.53. The van der Waals surface area contributed by atoms with Crippen LogP contribution in [-0.4, -0.2) is 23.4 Å². The number of allylic oxidation sites excluding steroid dienone is 4. The molecule has 1 fully saturated rings. The Kier molecular flexibility index (Phi) is 6.18. The number of halogens is 1. The van der Waals surface area contributed by atoms with Crippen LogP contribution in [0.2, 0.25) is 5.02 Å². The van der Waals surface area contributed by atoms with Gasteiger partial charge in [0.2, 0.25) is 11.8 Å². The zero-order valence-corrected chi connectivity index (χ0v) is 17.7. The number of anilines is 1. The highest BCUT2D eigenvalue weighted by atomic mass is 35.5. The molecule has 0 unspecified atom stereocenters. The molecule has 1 saturated heterocycles. The van der Waals surface area contributed by atoms with Gasteiger partial charge in [-0.1, -0.05) is 23.3 Å². The smallest absolute Gasteiger partial charge is 0.233 e. The van der Waals surface area contributed by atoms with Gasteiger partial charge < -0.3 is 0 Å². The highest BCUT2D eigenvalue weighted by Gasteiger charge is 2.30. The van der Waals surface area contributed by atoms with Crippen molar-refractivity contribution in [3.05, 3.63) is 51.1 Å². The summed E-state index contributed by atoms with van der Waals surface area (Å²) < 4.78 is 0. The first-order valence-corrected chi connectivity index (χ1v) is 10.2. The quantitative estimate of drug-likeness (QED) is 0.509. The standard InChI is InChI=1S/C23H24ClNO4/c1-13-9-14(2)17(21(27)10-13)7-8-20(26)18-11-16(24)12-19(15(18)3)25-22(28)5-4-6-23(25)29/h9,11-12H,4-8,10H2,1-3H3. The number of rotatable bonds is 5. The van der Waals surface area contributed by atoms with Gasteiger partial charge in [-0.25, -0.2) is 0 Å². The van der Waals surface area contributed by atoms with E-state index in [1.807, 2.05) is 19.9 Å². The van der Waals surface area contributed by atoms with E-state index in [0.717, 1.165) is 16.0 Å². The summed E-state index contributed by atoms with van der Waals surface area (Å²) in [5, 5.41) is 0.294. The van der Waals surface area contributed by atoms with Crippen molar-refractivity contribution in [1.82, 2.24) is 0 Å². The summed E-state index contributed by atoms with van der Waals surface area (Å²) in [6, 6.07) is 3.12. The Morgan fingerprint density at radius 3 is 2.34 bits per heavy atom. The number of imide groups is 1. The third-order valence-corrected chi connectivity index (χ3v) is 5.70. The fourth-order valence-corrected chi connectivity index (χ4v) is 4.22. The van der Waals surface area contributed by atoms with Crippen molar-refractivity contribution >= 4 is 40.7 Å². The lowest BCUT2D eigenvalue weighted by molar-refractivity contribution is -0.129. The molecule has 1 heterocycles. The van der Waals surface area contributed by atoms with Crippen LogP contribution in [-0.2, 0) is 14.4 Å². The molecular weight excluding hydrogens is 390 g/mol. The van der Waals surface area contributed by atoms with E-state index < -0.39 is 0 Å². The van der Waals surface area contributed by atoms with Crippen LogP contribution in [0.5, 0.6) is 0 Å². The van der Waals surface area contributed by atoms with Gasteiger partial charge in [-0.2, -0.15) is 0 Å². The molecular formula is C23H24ClNO4. The summed E-state index contributed by atoms with van der Waals surface area (Å²) in [5.74, 6) is -0.660. The lowest BCUT2D eigenvalue weighted by Crippen LogP contribution is -2.40. The normalized spacial score (nSPS) is 17.7. The highest BCUT2D eigenvalue weighted by Crippen LogP contribution is 2.32. The molecule has 152 valence electrons. The average molecular weight is 414 g/mol. The topological polar surface area (TPSA) is 71.5 Å². The Bertz CT molecular complexity index is 971. The third kappa shape index (κ3) is 4.40. The Labute approximate surface area is 175 Å². The van der Waals surface area contributed by atoms with Crippen molar-refractivity contribution in [2.45, 2.75) is 59.3 Å². The monoisotopic (exact) mass is 413 g/mol. The molecule has 1 aromatic rings. The molecule has 3 rings (SSSR count). The van der Waals surface area contributed by atoms with Gasteiger partial charge in [-0.05, 0) is 62.5 Å². The second-order valence-electron chi connectivity index (χ2n) is 7.75. The van der Waals surface area contributed by atoms with Crippen LogP contribution >= 0.6 is 11.6 Å². The minimum atomic E-state index is -0.277. The second kappa shape index (κ2) is 8.46. The Morgan fingerprint density at radius 2 is 1.72 bits per heavy atom. The van der Waals surface area contributed by atoms with Gasteiger partial charge >= 0.3 is 0 Å². The van der Waals surface area contributed by atoms with Crippen molar-refractivity contribution in [3.63, 3.8) is 0 Å². The first kappa shape index (κ1) is 21.2. The Morgan fingerprint density at radius 1 is 1.07 bits per heavy atom. The summed E-state index contributed by atoms with van der Waals surface area (Å²) in [6.07, 6.45) is 4.02. The number of nitrogens with zero attached hydrogens (tertiary/aromatic N) is 1. The van der Waals surface area contributed by atoms with Gasteiger partial charge in [0.25, 0.3) is 0 Å². The summed E-state index contributed by atoms with van der Waals surface area (Å²) in [5.41, 5.74) is 3.92. The number of hydrogen-bond acceptors (Lipinski definition) is 4. The summed E-state index contributed by atoms with van der Waals surface area (Å²) >= 11 is 6.22. The summed E-state index contributed by atoms with van der Waals surface area (Å²) in [4.78, 5) is 51.0. The number of benzene rings is 1. The predicted molar refractivity (Wildman–Crippen MR) is 112 cm³/mol. The molecule has 29 heavy (non-hydrogen) atoms. The van der Waals surface area contributed by atoms with Crippen LogP contribution in [0, 0.1) is 6.92 Å². The van der Waals surface area contributed by atoms with Gasteiger partial charge in [0.15, 0.2) is 11.6 Å². The maximum atomic E-state index is 12.9. The third-order valence-electron chi connectivity index (χ3n) is 5.48. The van der Waals surface area contributed by atoms with Crippen LogP contribution in [0.3, 0.4) is 0 Å². The van der Waals surface area contributed by atoms with E-state index in [2.05, 4.69) is 0 Å². The number of ketones is 2. The summed E-state index contributed by atoms with van der Waals surface area (Å²) in [7, 11) is 0. The molecule has 1 aliphatic carbocycles. The molecule has 5 nitrogen and oxygen atoms in total. The van der Waals surface area contributed by atoms with Crippen molar-refractivity contribution in [2.24, 2.45) is 0 Å². The number of hydrogen-bond donors (Lipinski definition) is 0. The van der Waals surface area contributed by atoms with E-state index in [4.69, 9.17) is 11.6 Å². The van der Waals surface area contributed by atoms with Crippen LogP contribution < -0.4 is 4.90 Å². The highest BCUT2D eigenvalue weighted by molar-refractivity contribution is 6.32. The van der Waals surface area contributed by atoms with E-state index in [0.29, 0.717) is 59.5 Å². The maximum Gasteiger partial charge on any atom is 0.233 e. The SMILES string of the molecule is CC1=CC(C)=C(CCC(=O)c2cc(Cl)cc(N3C(=O)CCCC3=O)c2C)C(=O)C1. The number of amides is 2. The molecule has 0 N–H and O–H groups in total. The first-order chi connectivity index (χ1) is 13.7. The van der Waals surface area contributed by atoms with Gasteiger partial charge in [0.05, 0.1) is 5.69 Å². The van der Waals surface area contributed by atoms with Crippen molar-refractivity contribution in [3.8, 4) is 0 Å². The molecule has 0 saturated carbocycles.